The van der Waals surface area contributed by atoms with Gasteiger partial charge in [0.05, 0.1) is 11.2 Å². The van der Waals surface area contributed by atoms with E-state index in [9.17, 15) is 18.3 Å². The molecule has 1 aromatic rings. The van der Waals surface area contributed by atoms with Gasteiger partial charge in [-0.05, 0) is 38.3 Å². The van der Waals surface area contributed by atoms with Crippen molar-refractivity contribution in [2.75, 3.05) is 18.0 Å². The number of aromatic nitrogens is 1. The highest BCUT2D eigenvalue weighted by Crippen LogP contribution is 2.33. The number of alkyl halides is 3. The maximum Gasteiger partial charge on any atom is 0.416 e. The van der Waals surface area contributed by atoms with Crippen LogP contribution in [0.4, 0.5) is 19.0 Å². The minimum Gasteiger partial charge on any atom is -0.390 e. The fourth-order valence-corrected chi connectivity index (χ4v) is 2.51. The van der Waals surface area contributed by atoms with Gasteiger partial charge in [0.1, 0.15) is 11.0 Å². The largest absolute Gasteiger partial charge is 0.416 e. The summed E-state index contributed by atoms with van der Waals surface area (Å²) in [6, 6.07) is 1.82. The van der Waals surface area contributed by atoms with Crippen LogP contribution in [0.2, 0.25) is 5.15 Å². The molecule has 0 spiro atoms. The van der Waals surface area contributed by atoms with Gasteiger partial charge >= 0.3 is 6.18 Å². The molecule has 20 heavy (non-hydrogen) atoms. The van der Waals surface area contributed by atoms with Crippen molar-refractivity contribution in [3.8, 4) is 0 Å². The van der Waals surface area contributed by atoms with E-state index < -0.39 is 17.3 Å². The van der Waals surface area contributed by atoms with E-state index in [0.717, 1.165) is 12.1 Å². The Balaban J connectivity index is 2.26. The number of pyridine rings is 1. The van der Waals surface area contributed by atoms with E-state index in [1.54, 1.807) is 11.8 Å². The topological polar surface area (TPSA) is 36.4 Å². The van der Waals surface area contributed by atoms with Crippen LogP contribution in [0, 0.1) is 0 Å². The van der Waals surface area contributed by atoms with Crippen LogP contribution in [0.5, 0.6) is 0 Å². The summed E-state index contributed by atoms with van der Waals surface area (Å²) < 4.78 is 38.3. The Labute approximate surface area is 120 Å². The minimum absolute atomic E-state index is 0.175. The van der Waals surface area contributed by atoms with Gasteiger partial charge in [0.25, 0.3) is 0 Å². The smallest absolute Gasteiger partial charge is 0.390 e. The van der Waals surface area contributed by atoms with Crippen molar-refractivity contribution in [2.24, 2.45) is 0 Å². The van der Waals surface area contributed by atoms with Crippen LogP contribution in [0.3, 0.4) is 0 Å². The van der Waals surface area contributed by atoms with E-state index in [1.165, 1.54) is 0 Å². The molecule has 1 atom stereocenters. The van der Waals surface area contributed by atoms with E-state index >= 15 is 0 Å². The van der Waals surface area contributed by atoms with Crippen molar-refractivity contribution < 1.29 is 18.3 Å². The van der Waals surface area contributed by atoms with Gasteiger partial charge in [-0.2, -0.15) is 13.2 Å². The molecule has 1 aliphatic heterocycles. The summed E-state index contributed by atoms with van der Waals surface area (Å²) in [5.41, 5.74) is -1.58. The third-order valence-electron chi connectivity index (χ3n) is 3.50. The molecule has 2 rings (SSSR count). The molecule has 1 aliphatic rings. The second-order valence-corrected chi connectivity index (χ2v) is 5.76. The van der Waals surface area contributed by atoms with Crippen molar-refractivity contribution in [3.63, 3.8) is 0 Å². The molecule has 7 heteroatoms. The Bertz CT molecular complexity index is 491. The highest BCUT2D eigenvalue weighted by molar-refractivity contribution is 6.29. The average Bonchev–Trinajstić information content (AvgIpc) is 2.48. The zero-order chi connectivity index (χ0) is 15.0. The average molecular weight is 309 g/mol. The lowest BCUT2D eigenvalue weighted by molar-refractivity contribution is -0.137. The second kappa shape index (κ2) is 5.41. The Morgan fingerprint density at radius 3 is 2.65 bits per heavy atom. The molecule has 1 unspecified atom stereocenters. The number of anilines is 1. The Morgan fingerprint density at radius 2 is 2.00 bits per heavy atom. The van der Waals surface area contributed by atoms with Gasteiger partial charge in [-0.1, -0.05) is 11.6 Å². The summed E-state index contributed by atoms with van der Waals surface area (Å²) in [5.74, 6) is 0.211. The SMILES string of the molecule is CC1(O)CCCN(c2cc(C(F)(F)F)cc(Cl)n2)CC1. The first-order valence-corrected chi connectivity index (χ1v) is 6.77. The highest BCUT2D eigenvalue weighted by atomic mass is 35.5. The third-order valence-corrected chi connectivity index (χ3v) is 3.69. The molecule has 1 N–H and O–H groups in total. The van der Waals surface area contributed by atoms with Crippen molar-refractivity contribution in [3.05, 3.63) is 22.8 Å². The molecule has 0 bridgehead atoms. The normalized spacial score (nSPS) is 24.6. The number of aliphatic hydroxyl groups is 1. The second-order valence-electron chi connectivity index (χ2n) is 5.37. The number of rotatable bonds is 1. The van der Waals surface area contributed by atoms with Crippen LogP contribution in [0.25, 0.3) is 0 Å². The van der Waals surface area contributed by atoms with Crippen LogP contribution in [-0.2, 0) is 6.18 Å². The van der Waals surface area contributed by atoms with Crippen molar-refractivity contribution in [2.45, 2.75) is 38.0 Å². The summed E-state index contributed by atoms with van der Waals surface area (Å²) in [5, 5.41) is 9.83. The van der Waals surface area contributed by atoms with Gasteiger partial charge in [0, 0.05) is 13.1 Å². The van der Waals surface area contributed by atoms with E-state index in [2.05, 4.69) is 4.98 Å². The van der Waals surface area contributed by atoms with E-state index in [1.807, 2.05) is 0 Å². The molecule has 1 fully saturated rings. The molecule has 0 aromatic carbocycles. The summed E-state index contributed by atoms with van der Waals surface area (Å²) >= 11 is 5.68. The third kappa shape index (κ3) is 3.76. The first kappa shape index (κ1) is 15.4. The van der Waals surface area contributed by atoms with Gasteiger partial charge in [-0.15, -0.1) is 0 Å². The first-order chi connectivity index (χ1) is 9.17. The molecule has 0 saturated carbocycles. The van der Waals surface area contributed by atoms with Crippen LogP contribution in [0.15, 0.2) is 12.1 Å². The van der Waals surface area contributed by atoms with Gasteiger partial charge in [0.2, 0.25) is 0 Å². The highest BCUT2D eigenvalue weighted by Gasteiger charge is 2.33. The quantitative estimate of drug-likeness (QED) is 0.807. The number of hydrogen-bond donors (Lipinski definition) is 1. The zero-order valence-corrected chi connectivity index (χ0v) is 11.8. The fourth-order valence-electron chi connectivity index (χ4n) is 2.30. The fraction of sp³-hybridized carbons (Fsp3) is 0.615. The van der Waals surface area contributed by atoms with E-state index in [4.69, 9.17) is 11.6 Å². The lowest BCUT2D eigenvalue weighted by Crippen LogP contribution is -2.29. The van der Waals surface area contributed by atoms with Gasteiger partial charge < -0.3 is 10.0 Å². The van der Waals surface area contributed by atoms with Gasteiger partial charge in [-0.3, -0.25) is 0 Å². The van der Waals surface area contributed by atoms with E-state index in [-0.39, 0.29) is 11.0 Å². The lowest BCUT2D eigenvalue weighted by atomic mass is 9.98. The molecule has 3 nitrogen and oxygen atoms in total. The van der Waals surface area contributed by atoms with Crippen LogP contribution >= 0.6 is 11.6 Å². The summed E-state index contributed by atoms with van der Waals surface area (Å²) in [7, 11) is 0. The summed E-state index contributed by atoms with van der Waals surface area (Å²) in [6.07, 6.45) is -2.64. The number of halogens is 4. The standard InChI is InChI=1S/C13H16ClF3N2O/c1-12(20)3-2-5-19(6-4-12)11-8-9(13(15,16)17)7-10(14)18-11/h7-8,20H,2-6H2,1H3. The van der Waals surface area contributed by atoms with Crippen LogP contribution in [0.1, 0.15) is 31.7 Å². The summed E-state index contributed by atoms with van der Waals surface area (Å²) in [4.78, 5) is 5.71. The molecule has 1 saturated heterocycles. The van der Waals surface area contributed by atoms with Crippen molar-refractivity contribution in [1.29, 1.82) is 0 Å². The predicted octanol–water partition coefficient (Wildman–Crippen LogP) is 3.50. The molecule has 112 valence electrons. The molecule has 0 radical (unpaired) electrons. The van der Waals surface area contributed by atoms with Crippen LogP contribution in [-0.4, -0.2) is 28.8 Å². The van der Waals surface area contributed by atoms with Crippen LogP contribution < -0.4 is 4.90 Å². The minimum atomic E-state index is -4.45. The monoisotopic (exact) mass is 308 g/mol. The molecule has 0 aliphatic carbocycles. The zero-order valence-electron chi connectivity index (χ0n) is 11.0. The molecule has 2 heterocycles. The van der Waals surface area contributed by atoms with E-state index in [0.29, 0.717) is 32.4 Å². The Kier molecular flexibility index (Phi) is 4.16. The maximum absolute atomic E-state index is 12.8. The number of hydrogen-bond acceptors (Lipinski definition) is 3. The Morgan fingerprint density at radius 1 is 1.30 bits per heavy atom. The maximum atomic E-state index is 12.8. The van der Waals surface area contributed by atoms with Gasteiger partial charge in [0.15, 0.2) is 0 Å². The van der Waals surface area contributed by atoms with Gasteiger partial charge in [-0.25, -0.2) is 4.98 Å². The summed E-state index contributed by atoms with van der Waals surface area (Å²) in [6.45, 7) is 2.75. The molecule has 1 aromatic heterocycles. The predicted molar refractivity (Wildman–Crippen MR) is 70.9 cm³/mol. The molecule has 0 amide bonds. The lowest BCUT2D eigenvalue weighted by Gasteiger charge is -2.24. The Hall–Kier alpha value is -1.01. The molecular formula is C13H16ClF3N2O. The molecular weight excluding hydrogens is 293 g/mol. The first-order valence-electron chi connectivity index (χ1n) is 6.39. The van der Waals surface area contributed by atoms with Crippen molar-refractivity contribution >= 4 is 17.4 Å². The van der Waals surface area contributed by atoms with Crippen molar-refractivity contribution in [1.82, 2.24) is 4.98 Å². The number of nitrogens with zero attached hydrogens (tertiary/aromatic N) is 2.